The minimum absolute atomic E-state index is 0.0312. The number of halogens is 4. The quantitative estimate of drug-likeness (QED) is 0.580. The van der Waals surface area contributed by atoms with E-state index in [-0.39, 0.29) is 5.69 Å². The van der Waals surface area contributed by atoms with Crippen molar-refractivity contribution in [3.8, 4) is 0 Å². The van der Waals surface area contributed by atoms with E-state index in [9.17, 15) is 22.4 Å². The number of carbonyl (C=O) groups is 1. The largest absolute Gasteiger partial charge is 0.454 e. The molecular weight excluding hydrogens is 226 g/mol. The number of nitrogens with zero attached hydrogens (tertiary/aromatic N) is 1. The molecule has 6 heteroatoms. The highest BCUT2D eigenvalue weighted by Crippen LogP contribution is 2.28. The minimum Gasteiger partial charge on any atom is -0.377 e. The number of carbonyl (C=O) groups excluding carboxylic acids is 1. The summed E-state index contributed by atoms with van der Waals surface area (Å²) in [6.45, 7) is 0. The van der Waals surface area contributed by atoms with Crippen LogP contribution in [0.3, 0.4) is 0 Å². The predicted octanol–water partition coefficient (Wildman–Crippen LogP) is 2.64. The zero-order valence-corrected chi connectivity index (χ0v) is 8.60. The van der Waals surface area contributed by atoms with Gasteiger partial charge in [0.2, 0.25) is 0 Å². The van der Waals surface area contributed by atoms with Crippen molar-refractivity contribution in [3.63, 3.8) is 0 Å². The highest BCUT2D eigenvalue weighted by Gasteiger charge is 2.40. The van der Waals surface area contributed by atoms with Crippen molar-refractivity contribution in [1.82, 2.24) is 0 Å². The third-order valence-corrected chi connectivity index (χ3v) is 1.94. The molecule has 0 aromatic heterocycles. The van der Waals surface area contributed by atoms with Crippen molar-refractivity contribution in [1.29, 1.82) is 0 Å². The molecule has 0 bridgehead atoms. The Morgan fingerprint density at radius 1 is 1.25 bits per heavy atom. The summed E-state index contributed by atoms with van der Waals surface area (Å²) in [4.78, 5) is 12.3. The van der Waals surface area contributed by atoms with Gasteiger partial charge in [-0.25, -0.2) is 4.39 Å². The normalized spacial score (nSPS) is 11.4. The maximum Gasteiger partial charge on any atom is 0.454 e. The molecule has 0 aliphatic rings. The molecule has 0 radical (unpaired) electrons. The van der Waals surface area contributed by atoms with E-state index < -0.39 is 23.3 Å². The SMILES string of the molecule is CN(C)c1ccc(F)cc1C(=O)C(F)(F)F. The molecule has 0 unspecified atom stereocenters. The van der Waals surface area contributed by atoms with Gasteiger partial charge in [0.1, 0.15) is 5.82 Å². The lowest BCUT2D eigenvalue weighted by atomic mass is 10.1. The third kappa shape index (κ3) is 2.50. The summed E-state index contributed by atoms with van der Waals surface area (Å²) in [6, 6.07) is 2.72. The Morgan fingerprint density at radius 3 is 2.25 bits per heavy atom. The second-order valence-corrected chi connectivity index (χ2v) is 3.38. The number of Topliss-reactive ketones (excluding diaryl/α,β-unsaturated/α-hetero) is 1. The first-order valence-electron chi connectivity index (χ1n) is 4.32. The Morgan fingerprint density at radius 2 is 1.81 bits per heavy atom. The van der Waals surface area contributed by atoms with E-state index in [2.05, 4.69) is 0 Å². The lowest BCUT2D eigenvalue weighted by Gasteiger charge is -2.17. The topological polar surface area (TPSA) is 20.3 Å². The molecule has 1 aromatic rings. The van der Waals surface area contributed by atoms with E-state index in [0.29, 0.717) is 6.07 Å². The van der Waals surface area contributed by atoms with Crippen molar-refractivity contribution in [2.75, 3.05) is 19.0 Å². The van der Waals surface area contributed by atoms with Gasteiger partial charge in [-0.05, 0) is 18.2 Å². The van der Waals surface area contributed by atoms with Crippen LogP contribution in [0, 0.1) is 5.82 Å². The highest BCUT2D eigenvalue weighted by atomic mass is 19.4. The number of hydrogen-bond acceptors (Lipinski definition) is 2. The van der Waals surface area contributed by atoms with Crippen LogP contribution in [0.1, 0.15) is 10.4 Å². The number of ketones is 1. The zero-order chi connectivity index (χ0) is 12.5. The fourth-order valence-electron chi connectivity index (χ4n) is 1.23. The van der Waals surface area contributed by atoms with Gasteiger partial charge in [-0.3, -0.25) is 4.79 Å². The van der Waals surface area contributed by atoms with E-state index in [4.69, 9.17) is 0 Å². The first-order chi connectivity index (χ1) is 7.23. The van der Waals surface area contributed by atoms with Crippen LogP contribution < -0.4 is 4.90 Å². The Balaban J connectivity index is 3.31. The number of anilines is 1. The fourth-order valence-corrected chi connectivity index (χ4v) is 1.23. The molecule has 0 aliphatic heterocycles. The predicted molar refractivity (Wildman–Crippen MR) is 51.1 cm³/mol. The molecule has 0 heterocycles. The number of rotatable bonds is 2. The molecule has 0 amide bonds. The summed E-state index contributed by atoms with van der Waals surface area (Å²) in [5.41, 5.74) is -0.652. The van der Waals surface area contributed by atoms with E-state index in [1.807, 2.05) is 0 Å². The average Bonchev–Trinajstić information content (AvgIpc) is 2.14. The molecule has 0 atom stereocenters. The second-order valence-electron chi connectivity index (χ2n) is 3.38. The van der Waals surface area contributed by atoms with Gasteiger partial charge < -0.3 is 4.90 Å². The molecule has 0 spiro atoms. The van der Waals surface area contributed by atoms with E-state index >= 15 is 0 Å². The molecular formula is C10H9F4NO. The maximum absolute atomic E-state index is 12.8. The Bertz CT molecular complexity index is 412. The molecule has 0 saturated heterocycles. The van der Waals surface area contributed by atoms with E-state index in [1.54, 1.807) is 0 Å². The van der Waals surface area contributed by atoms with Crippen LogP contribution in [0.25, 0.3) is 0 Å². The highest BCUT2D eigenvalue weighted by molar-refractivity contribution is 6.04. The van der Waals surface area contributed by atoms with Crippen molar-refractivity contribution in [2.45, 2.75) is 6.18 Å². The fraction of sp³-hybridized carbons (Fsp3) is 0.300. The zero-order valence-electron chi connectivity index (χ0n) is 8.60. The van der Waals surface area contributed by atoms with Crippen molar-refractivity contribution >= 4 is 11.5 Å². The molecule has 0 fully saturated rings. The van der Waals surface area contributed by atoms with Crippen LogP contribution in [0.4, 0.5) is 23.2 Å². The summed E-state index contributed by atoms with van der Waals surface area (Å²) in [5.74, 6) is -2.92. The molecule has 1 rings (SSSR count). The van der Waals surface area contributed by atoms with Crippen LogP contribution in [-0.2, 0) is 0 Å². The van der Waals surface area contributed by atoms with Crippen molar-refractivity contribution in [3.05, 3.63) is 29.6 Å². The summed E-state index contributed by atoms with van der Waals surface area (Å²) >= 11 is 0. The van der Waals surface area contributed by atoms with Gasteiger partial charge >= 0.3 is 6.18 Å². The molecule has 88 valence electrons. The lowest BCUT2D eigenvalue weighted by Crippen LogP contribution is -2.25. The van der Waals surface area contributed by atoms with Crippen LogP contribution in [0.2, 0.25) is 0 Å². The summed E-state index contributed by atoms with van der Waals surface area (Å²) < 4.78 is 49.5. The van der Waals surface area contributed by atoms with Gasteiger partial charge in [-0.2, -0.15) is 13.2 Å². The first-order valence-corrected chi connectivity index (χ1v) is 4.32. The Hall–Kier alpha value is -1.59. The number of alkyl halides is 3. The Labute approximate surface area is 89.5 Å². The van der Waals surface area contributed by atoms with Gasteiger partial charge in [0.05, 0.1) is 5.56 Å². The maximum atomic E-state index is 12.8. The monoisotopic (exact) mass is 235 g/mol. The lowest BCUT2D eigenvalue weighted by molar-refractivity contribution is -0.0884. The van der Waals surface area contributed by atoms with Gasteiger partial charge in [0.25, 0.3) is 5.78 Å². The number of benzene rings is 1. The number of hydrogen-bond donors (Lipinski definition) is 0. The summed E-state index contributed by atoms with van der Waals surface area (Å²) in [5, 5.41) is 0. The van der Waals surface area contributed by atoms with Gasteiger partial charge in [-0.15, -0.1) is 0 Å². The van der Waals surface area contributed by atoms with Crippen molar-refractivity contribution in [2.24, 2.45) is 0 Å². The first kappa shape index (κ1) is 12.5. The molecule has 16 heavy (non-hydrogen) atoms. The van der Waals surface area contributed by atoms with E-state index in [1.165, 1.54) is 19.0 Å². The molecule has 1 aromatic carbocycles. The summed E-state index contributed by atoms with van der Waals surface area (Å²) in [6.07, 6.45) is -5.00. The van der Waals surface area contributed by atoms with Crippen LogP contribution in [0.15, 0.2) is 18.2 Å². The third-order valence-electron chi connectivity index (χ3n) is 1.94. The Kier molecular flexibility index (Phi) is 3.21. The molecule has 0 N–H and O–H groups in total. The smallest absolute Gasteiger partial charge is 0.377 e. The van der Waals surface area contributed by atoms with E-state index in [0.717, 1.165) is 12.1 Å². The summed E-state index contributed by atoms with van der Waals surface area (Å²) in [7, 11) is 2.95. The van der Waals surface area contributed by atoms with Gasteiger partial charge in [0.15, 0.2) is 0 Å². The minimum atomic E-state index is -5.00. The molecule has 0 aliphatic carbocycles. The molecule has 0 saturated carbocycles. The van der Waals surface area contributed by atoms with Gasteiger partial charge in [-0.1, -0.05) is 0 Å². The van der Waals surface area contributed by atoms with Gasteiger partial charge in [0, 0.05) is 19.8 Å². The van der Waals surface area contributed by atoms with Crippen molar-refractivity contribution < 1.29 is 22.4 Å². The standard InChI is InChI=1S/C10H9F4NO/c1-15(2)8-4-3-6(11)5-7(8)9(16)10(12,13)14/h3-5H,1-2H3. The second kappa shape index (κ2) is 4.11. The molecule has 2 nitrogen and oxygen atoms in total. The average molecular weight is 235 g/mol. The van der Waals surface area contributed by atoms with Crippen LogP contribution >= 0.6 is 0 Å². The van der Waals surface area contributed by atoms with Crippen LogP contribution in [-0.4, -0.2) is 26.1 Å². The van der Waals surface area contributed by atoms with Crippen LogP contribution in [0.5, 0.6) is 0 Å².